The van der Waals surface area contributed by atoms with Crippen molar-refractivity contribution < 1.29 is 29.4 Å². The van der Waals surface area contributed by atoms with Crippen molar-refractivity contribution in [1.29, 1.82) is 0 Å². The average molecular weight is 475 g/mol. The van der Waals surface area contributed by atoms with Crippen LogP contribution >= 0.6 is 12.6 Å². The molecule has 0 radical (unpaired) electrons. The lowest BCUT2D eigenvalue weighted by molar-refractivity contribution is -0.139. The molecule has 0 aromatic carbocycles. The van der Waals surface area contributed by atoms with Gasteiger partial charge in [-0.25, -0.2) is 9.59 Å². The molecule has 0 aliphatic heterocycles. The van der Waals surface area contributed by atoms with E-state index in [2.05, 4.69) is 38.2 Å². The third-order valence-electron chi connectivity index (χ3n) is 3.67. The Kier molecular flexibility index (Phi) is 9.90. The highest BCUT2D eigenvalue weighted by atomic mass is 32.1. The van der Waals surface area contributed by atoms with Crippen LogP contribution in [0.2, 0.25) is 0 Å². The number of H-pyrrole nitrogens is 4. The van der Waals surface area contributed by atoms with Crippen molar-refractivity contribution in [2.75, 3.05) is 12.3 Å². The number of amides is 2. The number of aromatic nitrogens is 4. The van der Waals surface area contributed by atoms with Gasteiger partial charge in [0.05, 0.1) is 0 Å². The molecule has 2 atom stereocenters. The van der Waals surface area contributed by atoms with Gasteiger partial charge in [0.15, 0.2) is 0 Å². The van der Waals surface area contributed by atoms with Gasteiger partial charge in [0.1, 0.15) is 29.8 Å². The van der Waals surface area contributed by atoms with Gasteiger partial charge >= 0.3 is 23.3 Å². The fourth-order valence-corrected chi connectivity index (χ4v) is 2.37. The standard InChI is InChI=1S/C10H17N3O6S.C5H4N4O3/c11-5(10(18)19)1-2-7(14)13-6(4-20)9(17)12-3-8(15)16;10-3-1-2(7-4(11)6-1)8-5(12)9-3/h5-6,20H,1-4,11H2,(H,12,17)(H,13,14)(H,15,16)(H,18,19);(H4,6,7,8,9,10,11,12)/t5-,6-;/m0./s1. The van der Waals surface area contributed by atoms with Crippen LogP contribution in [0.4, 0.5) is 0 Å². The largest absolute Gasteiger partial charge is 0.480 e. The molecule has 0 saturated heterocycles. The van der Waals surface area contributed by atoms with Gasteiger partial charge in [-0.3, -0.25) is 43.9 Å². The molecule has 2 amide bonds. The van der Waals surface area contributed by atoms with Crippen molar-refractivity contribution in [3.63, 3.8) is 0 Å². The van der Waals surface area contributed by atoms with E-state index < -0.39 is 59.3 Å². The second kappa shape index (κ2) is 12.1. The monoisotopic (exact) mass is 475 g/mol. The SMILES string of the molecule is N[C@@H](CCC(=O)N[C@@H](CS)C(=O)NCC(=O)O)C(=O)O.O=c1[nH]c(=O)c2[nH]c(=O)[nH]c2[nH]1. The number of imidazole rings is 1. The zero-order valence-electron chi connectivity index (χ0n) is 16.3. The molecule has 0 bridgehead atoms. The number of nitrogens with two attached hydrogens (primary N) is 1. The van der Waals surface area contributed by atoms with Crippen LogP contribution in [0.5, 0.6) is 0 Å². The van der Waals surface area contributed by atoms with E-state index in [0.717, 1.165) is 0 Å². The van der Waals surface area contributed by atoms with E-state index in [4.69, 9.17) is 15.9 Å². The number of fused-ring (bicyclic) bond motifs is 1. The fraction of sp³-hybridized carbons (Fsp3) is 0.400. The molecule has 0 fully saturated rings. The van der Waals surface area contributed by atoms with E-state index in [9.17, 15) is 33.6 Å². The van der Waals surface area contributed by atoms with Crippen molar-refractivity contribution in [3.05, 3.63) is 31.3 Å². The number of carboxylic acid groups (broad SMARTS) is 2. The summed E-state index contributed by atoms with van der Waals surface area (Å²) >= 11 is 3.87. The summed E-state index contributed by atoms with van der Waals surface area (Å²) in [4.78, 5) is 84.7. The summed E-state index contributed by atoms with van der Waals surface area (Å²) in [5.74, 6) is -3.70. The molecule has 0 spiro atoms. The first kappa shape index (κ1) is 26.2. The Labute approximate surface area is 182 Å². The molecule has 0 aliphatic rings. The topological polar surface area (TPSA) is 273 Å². The number of carboxylic acids is 2. The number of aliphatic carboxylic acids is 2. The maximum atomic E-state index is 11.5. The maximum Gasteiger partial charge on any atom is 0.327 e. The highest BCUT2D eigenvalue weighted by molar-refractivity contribution is 7.80. The molecule has 16 nitrogen and oxygen atoms in total. The molecule has 0 aliphatic carbocycles. The van der Waals surface area contributed by atoms with Gasteiger partial charge in [0.2, 0.25) is 11.8 Å². The van der Waals surface area contributed by atoms with Crippen molar-refractivity contribution >= 4 is 47.5 Å². The summed E-state index contributed by atoms with van der Waals surface area (Å²) in [6.07, 6.45) is -0.235. The number of nitrogens with one attached hydrogen (secondary N) is 6. The van der Waals surface area contributed by atoms with E-state index in [1.54, 1.807) is 0 Å². The van der Waals surface area contributed by atoms with Crippen molar-refractivity contribution in [1.82, 2.24) is 30.6 Å². The second-order valence-corrected chi connectivity index (χ2v) is 6.50. The first-order valence-corrected chi connectivity index (χ1v) is 9.40. The minimum absolute atomic E-state index is 0.0256. The molecule has 2 heterocycles. The lowest BCUT2D eigenvalue weighted by atomic mass is 10.1. The van der Waals surface area contributed by atoms with Crippen LogP contribution in [-0.2, 0) is 19.2 Å². The van der Waals surface area contributed by atoms with E-state index in [-0.39, 0.29) is 29.8 Å². The average Bonchev–Trinajstić information content (AvgIpc) is 3.09. The number of hydrogen-bond acceptors (Lipinski definition) is 9. The Morgan fingerprint density at radius 2 is 1.59 bits per heavy atom. The summed E-state index contributed by atoms with van der Waals surface area (Å²) < 4.78 is 0. The predicted octanol–water partition coefficient (Wildman–Crippen LogP) is -3.97. The predicted molar refractivity (Wildman–Crippen MR) is 111 cm³/mol. The summed E-state index contributed by atoms with van der Waals surface area (Å²) in [7, 11) is 0. The van der Waals surface area contributed by atoms with Gasteiger partial charge in [-0.05, 0) is 6.42 Å². The summed E-state index contributed by atoms with van der Waals surface area (Å²) in [6.45, 7) is -0.567. The van der Waals surface area contributed by atoms with E-state index >= 15 is 0 Å². The fourth-order valence-electron chi connectivity index (χ4n) is 2.11. The van der Waals surface area contributed by atoms with Gasteiger partial charge in [0, 0.05) is 12.2 Å². The van der Waals surface area contributed by atoms with Crippen molar-refractivity contribution in [3.8, 4) is 0 Å². The molecule has 2 rings (SSSR count). The Balaban J connectivity index is 0.000000357. The second-order valence-electron chi connectivity index (χ2n) is 6.13. The molecule has 10 N–H and O–H groups in total. The quantitative estimate of drug-likeness (QED) is 0.157. The smallest absolute Gasteiger partial charge is 0.327 e. The molecule has 0 unspecified atom stereocenters. The summed E-state index contributed by atoms with van der Waals surface area (Å²) in [5, 5.41) is 21.4. The first-order valence-electron chi connectivity index (χ1n) is 8.77. The van der Waals surface area contributed by atoms with Gasteiger partial charge in [-0.15, -0.1) is 0 Å². The minimum Gasteiger partial charge on any atom is -0.480 e. The van der Waals surface area contributed by atoms with Gasteiger partial charge in [-0.1, -0.05) is 0 Å². The van der Waals surface area contributed by atoms with E-state index in [0.29, 0.717) is 0 Å². The third-order valence-corrected chi connectivity index (χ3v) is 4.03. The highest BCUT2D eigenvalue weighted by Gasteiger charge is 2.20. The molecule has 2 aromatic rings. The summed E-state index contributed by atoms with van der Waals surface area (Å²) in [6, 6.07) is -2.15. The van der Waals surface area contributed by atoms with Gasteiger partial charge < -0.3 is 26.6 Å². The zero-order chi connectivity index (χ0) is 24.4. The van der Waals surface area contributed by atoms with Crippen LogP contribution in [0.3, 0.4) is 0 Å². The number of rotatable bonds is 9. The molecule has 2 aromatic heterocycles. The lowest BCUT2D eigenvalue weighted by Gasteiger charge is -2.16. The first-order chi connectivity index (χ1) is 14.9. The molecular weight excluding hydrogens is 454 g/mol. The molecule has 176 valence electrons. The Hall–Kier alpha value is -3.86. The number of thiol groups is 1. The van der Waals surface area contributed by atoms with Crippen LogP contribution in [0.25, 0.3) is 11.2 Å². The molecule has 32 heavy (non-hydrogen) atoms. The zero-order valence-corrected chi connectivity index (χ0v) is 17.2. The number of carbonyl (C=O) groups excluding carboxylic acids is 2. The Bertz CT molecular complexity index is 1150. The van der Waals surface area contributed by atoms with Crippen molar-refractivity contribution in [2.24, 2.45) is 5.73 Å². The van der Waals surface area contributed by atoms with Crippen LogP contribution < -0.4 is 33.3 Å². The Morgan fingerprint density at radius 1 is 1.00 bits per heavy atom. The Morgan fingerprint density at radius 3 is 2.12 bits per heavy atom. The lowest BCUT2D eigenvalue weighted by Crippen LogP contribution is -2.49. The number of aromatic amines is 4. The van der Waals surface area contributed by atoms with Crippen LogP contribution in [0.15, 0.2) is 14.4 Å². The van der Waals surface area contributed by atoms with E-state index in [1.165, 1.54) is 0 Å². The molecular formula is C15H21N7O9S. The van der Waals surface area contributed by atoms with Gasteiger partial charge in [0.25, 0.3) is 5.56 Å². The van der Waals surface area contributed by atoms with E-state index in [1.807, 2.05) is 4.98 Å². The van der Waals surface area contributed by atoms with Gasteiger partial charge in [-0.2, -0.15) is 12.6 Å². The normalized spacial score (nSPS) is 12.2. The van der Waals surface area contributed by atoms with Crippen LogP contribution in [0.1, 0.15) is 12.8 Å². The summed E-state index contributed by atoms with van der Waals surface area (Å²) in [5.41, 5.74) is 3.58. The number of carbonyl (C=O) groups is 4. The third kappa shape index (κ3) is 8.48. The van der Waals surface area contributed by atoms with Crippen LogP contribution in [-0.4, -0.2) is 78.3 Å². The maximum absolute atomic E-state index is 11.5. The minimum atomic E-state index is -1.22. The number of hydrogen-bond donors (Lipinski definition) is 10. The van der Waals surface area contributed by atoms with Crippen molar-refractivity contribution in [2.45, 2.75) is 24.9 Å². The molecule has 0 saturated carbocycles. The molecule has 17 heteroatoms. The highest BCUT2D eigenvalue weighted by Crippen LogP contribution is 1.97. The van der Waals surface area contributed by atoms with Crippen LogP contribution in [0, 0.1) is 0 Å².